The van der Waals surface area contributed by atoms with Crippen LogP contribution >= 0.6 is 0 Å². The lowest BCUT2D eigenvalue weighted by atomic mass is 10.1. The van der Waals surface area contributed by atoms with E-state index >= 15 is 0 Å². The summed E-state index contributed by atoms with van der Waals surface area (Å²) in [5.74, 6) is 0.484. The van der Waals surface area contributed by atoms with Crippen molar-refractivity contribution in [3.8, 4) is 11.8 Å². The molecule has 0 atom stereocenters. The van der Waals surface area contributed by atoms with Crippen LogP contribution in [0.4, 0.5) is 17.1 Å². The van der Waals surface area contributed by atoms with E-state index in [0.29, 0.717) is 54.5 Å². The SMILES string of the molecule is COc1ccc(NC(=O)CCCCCC(=O)Nc2ccccc2N)c(OC)n1. The maximum atomic E-state index is 12.1. The van der Waals surface area contributed by atoms with Gasteiger partial charge in [0.1, 0.15) is 5.69 Å². The van der Waals surface area contributed by atoms with E-state index in [0.717, 1.165) is 6.42 Å². The van der Waals surface area contributed by atoms with Gasteiger partial charge in [-0.1, -0.05) is 18.6 Å². The number of ether oxygens (including phenoxy) is 2. The van der Waals surface area contributed by atoms with Crippen molar-refractivity contribution in [1.82, 2.24) is 4.98 Å². The fourth-order valence-corrected chi connectivity index (χ4v) is 2.57. The fraction of sp³-hybridized carbons (Fsp3) is 0.350. The van der Waals surface area contributed by atoms with Crippen molar-refractivity contribution in [3.63, 3.8) is 0 Å². The number of amides is 2. The standard InChI is InChI=1S/C20H26N4O4/c1-27-19-13-12-16(20(24-19)28-2)23-18(26)11-5-3-4-10-17(25)22-15-9-7-6-8-14(15)21/h6-9,12-13H,3-5,10-11,21H2,1-2H3,(H,22,25)(H,23,26). The molecule has 0 spiro atoms. The minimum Gasteiger partial charge on any atom is -0.481 e. The maximum Gasteiger partial charge on any atom is 0.240 e. The molecule has 2 amide bonds. The largest absolute Gasteiger partial charge is 0.481 e. The third-order valence-corrected chi connectivity index (χ3v) is 4.05. The number of aromatic nitrogens is 1. The molecule has 1 heterocycles. The van der Waals surface area contributed by atoms with Gasteiger partial charge in [0.25, 0.3) is 0 Å². The molecule has 0 saturated carbocycles. The number of unbranched alkanes of at least 4 members (excludes halogenated alkanes) is 2. The highest BCUT2D eigenvalue weighted by molar-refractivity contribution is 5.93. The Morgan fingerprint density at radius 3 is 2.14 bits per heavy atom. The number of carbonyl (C=O) groups excluding carboxylic acids is 2. The molecule has 0 unspecified atom stereocenters. The fourth-order valence-electron chi connectivity index (χ4n) is 2.57. The molecular weight excluding hydrogens is 360 g/mol. The highest BCUT2D eigenvalue weighted by atomic mass is 16.5. The minimum absolute atomic E-state index is 0.0867. The Morgan fingerprint density at radius 2 is 1.54 bits per heavy atom. The lowest BCUT2D eigenvalue weighted by Crippen LogP contribution is -2.13. The van der Waals surface area contributed by atoms with Crippen LogP contribution in [0.2, 0.25) is 0 Å². The number of carbonyl (C=O) groups is 2. The Balaban J connectivity index is 1.67. The van der Waals surface area contributed by atoms with Gasteiger partial charge in [-0.25, -0.2) is 0 Å². The normalized spacial score (nSPS) is 10.2. The molecule has 0 bridgehead atoms. The molecule has 0 radical (unpaired) electrons. The van der Waals surface area contributed by atoms with E-state index in [1.54, 1.807) is 24.3 Å². The molecule has 0 saturated heterocycles. The third kappa shape index (κ3) is 6.46. The molecule has 0 aliphatic carbocycles. The molecule has 4 N–H and O–H groups in total. The van der Waals surface area contributed by atoms with E-state index in [1.807, 2.05) is 12.1 Å². The predicted molar refractivity (Wildman–Crippen MR) is 109 cm³/mol. The van der Waals surface area contributed by atoms with E-state index in [4.69, 9.17) is 15.2 Å². The molecule has 2 aromatic rings. The number of hydrogen-bond donors (Lipinski definition) is 3. The summed E-state index contributed by atoms with van der Waals surface area (Å²) in [4.78, 5) is 28.2. The van der Waals surface area contributed by atoms with Gasteiger partial charge in [0.2, 0.25) is 23.6 Å². The molecule has 28 heavy (non-hydrogen) atoms. The molecular formula is C20H26N4O4. The average molecular weight is 386 g/mol. The van der Waals surface area contributed by atoms with Crippen molar-refractivity contribution >= 4 is 28.9 Å². The first-order valence-corrected chi connectivity index (χ1v) is 9.06. The van der Waals surface area contributed by atoms with E-state index in [-0.39, 0.29) is 11.8 Å². The van der Waals surface area contributed by atoms with Gasteiger partial charge in [0.15, 0.2) is 0 Å². The van der Waals surface area contributed by atoms with Crippen molar-refractivity contribution < 1.29 is 19.1 Å². The molecule has 8 nitrogen and oxygen atoms in total. The van der Waals surface area contributed by atoms with Gasteiger partial charge in [0.05, 0.1) is 25.6 Å². The summed E-state index contributed by atoms with van der Waals surface area (Å²) in [6.07, 6.45) is 2.87. The first-order valence-electron chi connectivity index (χ1n) is 9.06. The van der Waals surface area contributed by atoms with E-state index in [9.17, 15) is 9.59 Å². The molecule has 0 aliphatic rings. The molecule has 1 aromatic heterocycles. The number of nitrogens with zero attached hydrogens (tertiary/aromatic N) is 1. The second kappa shape index (κ2) is 10.8. The number of benzene rings is 1. The summed E-state index contributed by atoms with van der Waals surface area (Å²) in [5.41, 5.74) is 7.45. The van der Waals surface area contributed by atoms with Crippen LogP contribution in [0.25, 0.3) is 0 Å². The quantitative estimate of drug-likeness (QED) is 0.426. The summed E-state index contributed by atoms with van der Waals surface area (Å²) in [5, 5.41) is 5.57. The molecule has 2 rings (SSSR count). The zero-order valence-electron chi connectivity index (χ0n) is 16.2. The van der Waals surface area contributed by atoms with Crippen molar-refractivity contribution in [1.29, 1.82) is 0 Å². The zero-order chi connectivity index (χ0) is 20.4. The van der Waals surface area contributed by atoms with E-state index in [1.165, 1.54) is 14.2 Å². The molecule has 0 aliphatic heterocycles. The van der Waals surface area contributed by atoms with E-state index < -0.39 is 0 Å². The predicted octanol–water partition coefficient (Wildman–Crippen LogP) is 3.21. The van der Waals surface area contributed by atoms with Crippen LogP contribution in [-0.2, 0) is 9.59 Å². The van der Waals surface area contributed by atoms with Crippen LogP contribution in [0.5, 0.6) is 11.8 Å². The number of methoxy groups -OCH3 is 2. The number of nitrogen functional groups attached to an aromatic ring is 1. The summed E-state index contributed by atoms with van der Waals surface area (Å²) >= 11 is 0. The van der Waals surface area contributed by atoms with Crippen LogP contribution < -0.4 is 25.8 Å². The van der Waals surface area contributed by atoms with Crippen LogP contribution in [0.15, 0.2) is 36.4 Å². The number of anilines is 3. The Labute approximate surface area is 164 Å². The summed E-state index contributed by atoms with van der Waals surface area (Å²) in [7, 11) is 2.99. The number of nitrogens with two attached hydrogens (primary N) is 1. The van der Waals surface area contributed by atoms with Gasteiger partial charge in [-0.15, -0.1) is 0 Å². The topological polar surface area (TPSA) is 116 Å². The number of rotatable bonds is 10. The molecule has 150 valence electrons. The zero-order valence-corrected chi connectivity index (χ0v) is 16.2. The van der Waals surface area contributed by atoms with Crippen LogP contribution in [0.1, 0.15) is 32.1 Å². The second-order valence-corrected chi connectivity index (χ2v) is 6.15. The number of pyridine rings is 1. The van der Waals surface area contributed by atoms with E-state index in [2.05, 4.69) is 15.6 Å². The minimum atomic E-state index is -0.133. The first kappa shape index (κ1) is 21.0. The highest BCUT2D eigenvalue weighted by Crippen LogP contribution is 2.25. The Bertz CT molecular complexity index is 811. The van der Waals surface area contributed by atoms with Gasteiger partial charge < -0.3 is 25.8 Å². The second-order valence-electron chi connectivity index (χ2n) is 6.15. The highest BCUT2D eigenvalue weighted by Gasteiger charge is 2.10. The smallest absolute Gasteiger partial charge is 0.240 e. The summed E-state index contributed by atoms with van der Waals surface area (Å²) < 4.78 is 10.2. The molecule has 1 aromatic carbocycles. The van der Waals surface area contributed by atoms with Crippen molar-refractivity contribution in [2.75, 3.05) is 30.6 Å². The Morgan fingerprint density at radius 1 is 0.893 bits per heavy atom. The average Bonchev–Trinajstić information content (AvgIpc) is 2.69. The maximum absolute atomic E-state index is 12.1. The van der Waals surface area contributed by atoms with Crippen molar-refractivity contribution in [2.24, 2.45) is 0 Å². The number of nitrogens with one attached hydrogen (secondary N) is 2. The van der Waals surface area contributed by atoms with Gasteiger partial charge >= 0.3 is 0 Å². The first-order chi connectivity index (χ1) is 13.5. The van der Waals surface area contributed by atoms with Crippen molar-refractivity contribution in [2.45, 2.75) is 32.1 Å². The molecule has 0 fully saturated rings. The molecule has 8 heteroatoms. The third-order valence-electron chi connectivity index (χ3n) is 4.05. The lowest BCUT2D eigenvalue weighted by Gasteiger charge is -2.10. The van der Waals surface area contributed by atoms with Gasteiger partial charge in [0, 0.05) is 18.9 Å². The Kier molecular flexibility index (Phi) is 8.08. The van der Waals surface area contributed by atoms with Crippen molar-refractivity contribution in [3.05, 3.63) is 36.4 Å². The van der Waals surface area contributed by atoms with Gasteiger partial charge in [-0.05, 0) is 31.0 Å². The summed E-state index contributed by atoms with van der Waals surface area (Å²) in [6.45, 7) is 0. The number of hydrogen-bond acceptors (Lipinski definition) is 6. The lowest BCUT2D eigenvalue weighted by molar-refractivity contribution is -0.116. The Hall–Kier alpha value is -3.29. The summed E-state index contributed by atoms with van der Waals surface area (Å²) in [6, 6.07) is 10.5. The monoisotopic (exact) mass is 386 g/mol. The number of para-hydroxylation sites is 2. The van der Waals surface area contributed by atoms with Crippen LogP contribution in [0, 0.1) is 0 Å². The van der Waals surface area contributed by atoms with Crippen LogP contribution in [0.3, 0.4) is 0 Å². The van der Waals surface area contributed by atoms with Crippen LogP contribution in [-0.4, -0.2) is 31.0 Å². The van der Waals surface area contributed by atoms with Gasteiger partial charge in [-0.2, -0.15) is 4.98 Å². The van der Waals surface area contributed by atoms with Gasteiger partial charge in [-0.3, -0.25) is 9.59 Å².